The minimum absolute atomic E-state index is 0.151. The largest absolute Gasteiger partial charge is 0.306 e. The van der Waals surface area contributed by atoms with Gasteiger partial charge < -0.3 is 5.32 Å². The molecule has 0 aliphatic carbocycles. The first-order chi connectivity index (χ1) is 11.2. The van der Waals surface area contributed by atoms with Crippen molar-refractivity contribution in [2.24, 2.45) is 0 Å². The molecule has 0 spiro atoms. The molecule has 0 radical (unpaired) electrons. The maximum absolute atomic E-state index is 12.4. The van der Waals surface area contributed by atoms with Gasteiger partial charge in [-0.15, -0.1) is 11.8 Å². The van der Waals surface area contributed by atoms with Crippen molar-refractivity contribution in [3.63, 3.8) is 0 Å². The molecule has 2 rings (SSSR count). The van der Waals surface area contributed by atoms with E-state index in [1.54, 1.807) is 17.8 Å². The van der Waals surface area contributed by atoms with Gasteiger partial charge in [-0.2, -0.15) is 0 Å². The Bertz CT molecular complexity index is 733. The zero-order chi connectivity index (χ0) is 17.9. The second-order valence-corrected chi connectivity index (χ2v) is 8.10. The lowest BCUT2D eigenvalue weighted by molar-refractivity contribution is 0.102. The molecule has 0 atom stereocenters. The van der Waals surface area contributed by atoms with Crippen molar-refractivity contribution in [3.8, 4) is 0 Å². The number of amides is 1. The number of nitrogens with one attached hydrogen (secondary N) is 1. The highest BCUT2D eigenvalue weighted by molar-refractivity contribution is 7.99. The molecule has 1 amide bonds. The topological polar surface area (TPSA) is 67.8 Å². The fourth-order valence-electron chi connectivity index (χ4n) is 1.85. The zero-order valence-corrected chi connectivity index (χ0v) is 16.1. The van der Waals surface area contributed by atoms with Gasteiger partial charge in [0.1, 0.15) is 27.0 Å². The number of halogens is 2. The van der Waals surface area contributed by atoms with Crippen LogP contribution in [0.1, 0.15) is 49.8 Å². The Morgan fingerprint density at radius 3 is 2.21 bits per heavy atom. The van der Waals surface area contributed by atoms with E-state index >= 15 is 0 Å². The predicted molar refractivity (Wildman–Crippen MR) is 99.3 cm³/mol. The van der Waals surface area contributed by atoms with Crippen molar-refractivity contribution in [1.29, 1.82) is 0 Å². The van der Waals surface area contributed by atoms with Crippen LogP contribution < -0.4 is 5.32 Å². The van der Waals surface area contributed by atoms with Gasteiger partial charge in [-0.3, -0.25) is 4.79 Å². The van der Waals surface area contributed by atoms with Crippen LogP contribution in [0.2, 0.25) is 10.3 Å². The normalized spacial score (nSPS) is 11.2. The van der Waals surface area contributed by atoms with Crippen LogP contribution in [0.25, 0.3) is 0 Å². The molecular weight excluding hydrogens is 367 g/mol. The molecular formula is C16H18Cl2N4OS. The van der Waals surface area contributed by atoms with Crippen LogP contribution in [0.4, 0.5) is 5.82 Å². The maximum atomic E-state index is 12.4. The van der Waals surface area contributed by atoms with Gasteiger partial charge >= 0.3 is 0 Å². The summed E-state index contributed by atoms with van der Waals surface area (Å²) in [6.07, 6.45) is 0. The summed E-state index contributed by atoms with van der Waals surface area (Å²) < 4.78 is 0. The van der Waals surface area contributed by atoms with Crippen LogP contribution in [0, 0.1) is 0 Å². The Balaban J connectivity index is 2.30. The molecule has 0 saturated heterocycles. The molecule has 0 fully saturated rings. The lowest BCUT2D eigenvalue weighted by Gasteiger charge is -2.12. The van der Waals surface area contributed by atoms with Crippen molar-refractivity contribution in [2.45, 2.75) is 43.9 Å². The first kappa shape index (κ1) is 19.0. The summed E-state index contributed by atoms with van der Waals surface area (Å²) in [7, 11) is 0. The van der Waals surface area contributed by atoms with Crippen LogP contribution in [-0.2, 0) is 0 Å². The van der Waals surface area contributed by atoms with E-state index in [9.17, 15) is 4.79 Å². The molecule has 128 valence electrons. The number of aromatic nitrogens is 3. The number of rotatable bonds is 5. The highest BCUT2D eigenvalue weighted by Crippen LogP contribution is 2.25. The third-order valence-corrected chi connectivity index (χ3v) is 4.17. The van der Waals surface area contributed by atoms with E-state index in [-0.39, 0.29) is 22.1 Å². The summed E-state index contributed by atoms with van der Waals surface area (Å²) >= 11 is 13.3. The predicted octanol–water partition coefficient (Wildman–Crippen LogP) is 5.05. The van der Waals surface area contributed by atoms with E-state index < -0.39 is 0 Å². The smallest absolute Gasteiger partial charge is 0.257 e. The van der Waals surface area contributed by atoms with E-state index in [2.05, 4.69) is 34.1 Å². The number of nitrogens with zero attached hydrogens (tertiary/aromatic N) is 3. The fourth-order valence-corrected chi connectivity index (χ4v) is 3.12. The third kappa shape index (κ3) is 5.33. The molecule has 0 aromatic carbocycles. The van der Waals surface area contributed by atoms with E-state index in [0.29, 0.717) is 22.5 Å². The Hall–Kier alpha value is -1.37. The van der Waals surface area contributed by atoms with Gasteiger partial charge in [0.2, 0.25) is 0 Å². The quantitative estimate of drug-likeness (QED) is 0.443. The van der Waals surface area contributed by atoms with Crippen LogP contribution in [0.5, 0.6) is 0 Å². The monoisotopic (exact) mass is 384 g/mol. The minimum atomic E-state index is -0.352. The van der Waals surface area contributed by atoms with Crippen molar-refractivity contribution in [3.05, 3.63) is 39.9 Å². The van der Waals surface area contributed by atoms with Crippen LogP contribution in [-0.4, -0.2) is 26.1 Å². The first-order valence-corrected chi connectivity index (χ1v) is 9.08. The highest BCUT2D eigenvalue weighted by atomic mass is 35.5. The number of hydrogen-bond donors (Lipinski definition) is 1. The average Bonchev–Trinajstić information content (AvgIpc) is 2.45. The maximum Gasteiger partial charge on any atom is 0.257 e. The molecule has 2 heterocycles. The Kier molecular flexibility index (Phi) is 6.43. The minimum Gasteiger partial charge on any atom is -0.306 e. The fraction of sp³-hybridized carbons (Fsp3) is 0.375. The molecule has 5 nitrogen and oxygen atoms in total. The number of carbonyl (C=O) groups is 1. The molecule has 2 aromatic rings. The Morgan fingerprint density at radius 2 is 1.67 bits per heavy atom. The second kappa shape index (κ2) is 8.14. The summed E-state index contributed by atoms with van der Waals surface area (Å²) in [6.45, 7) is 8.18. The van der Waals surface area contributed by atoms with Gasteiger partial charge in [0.05, 0.1) is 0 Å². The number of hydrogen-bond acceptors (Lipinski definition) is 5. The Morgan fingerprint density at radius 1 is 1.04 bits per heavy atom. The lowest BCUT2D eigenvalue weighted by atomic mass is 10.2. The number of pyridine rings is 1. The highest BCUT2D eigenvalue weighted by Gasteiger charge is 2.14. The summed E-state index contributed by atoms with van der Waals surface area (Å²) in [4.78, 5) is 25.2. The van der Waals surface area contributed by atoms with Gasteiger partial charge in [0.15, 0.2) is 0 Å². The molecule has 0 aliphatic heterocycles. The SMILES string of the molecule is CC(C)Sc1cc(NC(=O)c2cc(Cl)nc(Cl)c2)nc(C(C)C)n1. The first-order valence-electron chi connectivity index (χ1n) is 7.44. The van der Waals surface area contributed by atoms with Gasteiger partial charge in [-0.25, -0.2) is 15.0 Å². The van der Waals surface area contributed by atoms with Gasteiger partial charge in [-0.1, -0.05) is 50.9 Å². The average molecular weight is 385 g/mol. The molecule has 1 N–H and O–H groups in total. The van der Waals surface area contributed by atoms with Crippen LogP contribution in [0.3, 0.4) is 0 Å². The van der Waals surface area contributed by atoms with Gasteiger partial charge in [0.25, 0.3) is 5.91 Å². The Labute approximate surface area is 155 Å². The summed E-state index contributed by atoms with van der Waals surface area (Å²) in [6, 6.07) is 4.67. The molecule has 24 heavy (non-hydrogen) atoms. The summed E-state index contributed by atoms with van der Waals surface area (Å²) in [5.41, 5.74) is 0.322. The van der Waals surface area contributed by atoms with Gasteiger partial charge in [0, 0.05) is 22.8 Å². The van der Waals surface area contributed by atoms with Crippen molar-refractivity contribution >= 4 is 46.7 Å². The number of thioether (sulfide) groups is 1. The second-order valence-electron chi connectivity index (χ2n) is 5.73. The van der Waals surface area contributed by atoms with Crippen LogP contribution >= 0.6 is 35.0 Å². The molecule has 0 saturated carbocycles. The van der Waals surface area contributed by atoms with Crippen molar-refractivity contribution in [1.82, 2.24) is 15.0 Å². The zero-order valence-electron chi connectivity index (χ0n) is 13.8. The van der Waals surface area contributed by atoms with Crippen LogP contribution in [0.15, 0.2) is 23.2 Å². The molecule has 0 unspecified atom stereocenters. The lowest BCUT2D eigenvalue weighted by Crippen LogP contribution is -2.15. The summed E-state index contributed by atoms with van der Waals surface area (Å²) in [5, 5.41) is 4.30. The van der Waals surface area contributed by atoms with E-state index in [1.165, 1.54) is 12.1 Å². The number of anilines is 1. The van der Waals surface area contributed by atoms with Crippen molar-refractivity contribution < 1.29 is 4.79 Å². The van der Waals surface area contributed by atoms with E-state index in [0.717, 1.165) is 5.03 Å². The summed E-state index contributed by atoms with van der Waals surface area (Å²) in [5.74, 6) is 0.931. The molecule has 0 bridgehead atoms. The molecule has 8 heteroatoms. The van der Waals surface area contributed by atoms with Gasteiger partial charge in [-0.05, 0) is 12.1 Å². The van der Waals surface area contributed by atoms with E-state index in [1.807, 2.05) is 13.8 Å². The van der Waals surface area contributed by atoms with Crippen molar-refractivity contribution in [2.75, 3.05) is 5.32 Å². The number of carbonyl (C=O) groups excluding carboxylic acids is 1. The molecule has 0 aliphatic rings. The van der Waals surface area contributed by atoms with E-state index in [4.69, 9.17) is 23.2 Å². The molecule has 2 aromatic heterocycles. The standard InChI is InChI=1S/C16H18Cl2N4OS/c1-8(2)15-20-13(7-14(22-15)24-9(3)4)21-16(23)10-5-11(17)19-12(18)6-10/h5-9H,1-4H3,(H,20,21,22,23). The third-order valence-electron chi connectivity index (χ3n) is 2.86.